The molecule has 3 rings (SSSR count). The molecule has 22 heavy (non-hydrogen) atoms. The minimum absolute atomic E-state index is 0.0946. The van der Waals surface area contributed by atoms with Crippen LogP contribution in [0.3, 0.4) is 0 Å². The zero-order valence-electron chi connectivity index (χ0n) is 12.4. The fourth-order valence-electron chi connectivity index (χ4n) is 3.15. The van der Waals surface area contributed by atoms with Crippen LogP contribution in [0.15, 0.2) is 54.7 Å². The third-order valence-corrected chi connectivity index (χ3v) is 4.33. The van der Waals surface area contributed by atoms with E-state index in [0.29, 0.717) is 12.8 Å². The average molecular weight is 296 g/mol. The van der Waals surface area contributed by atoms with E-state index in [1.165, 1.54) is 5.56 Å². The molecule has 1 aliphatic rings. The summed E-state index contributed by atoms with van der Waals surface area (Å²) in [5.74, 6) is -0.884. The molecule has 1 aromatic carbocycles. The van der Waals surface area contributed by atoms with Crippen molar-refractivity contribution >= 4 is 5.97 Å². The number of rotatable bonds is 4. The number of piperidine rings is 1. The predicted octanol–water partition coefficient (Wildman–Crippen LogP) is 2.97. The van der Waals surface area contributed by atoms with Crippen LogP contribution in [0.1, 0.15) is 30.1 Å². The number of benzene rings is 1. The molecule has 0 aliphatic carbocycles. The normalized spacial score (nSPS) is 18.0. The van der Waals surface area contributed by atoms with Gasteiger partial charge in [-0.3, -0.25) is 14.7 Å². The molecule has 0 radical (unpaired) electrons. The van der Waals surface area contributed by atoms with Crippen LogP contribution in [0.5, 0.6) is 0 Å². The molecule has 0 amide bonds. The number of nitrogens with zero attached hydrogens (tertiary/aromatic N) is 2. The predicted molar refractivity (Wildman–Crippen MR) is 84.5 cm³/mol. The maximum absolute atomic E-state index is 11.1. The van der Waals surface area contributed by atoms with E-state index in [9.17, 15) is 4.79 Å². The van der Waals surface area contributed by atoms with Crippen LogP contribution in [0.4, 0.5) is 0 Å². The highest BCUT2D eigenvalue weighted by Crippen LogP contribution is 2.31. The largest absolute Gasteiger partial charge is 0.481 e. The molecule has 4 heteroatoms. The molecule has 1 unspecified atom stereocenters. The van der Waals surface area contributed by atoms with Gasteiger partial charge in [0.2, 0.25) is 0 Å². The molecule has 0 saturated carbocycles. The van der Waals surface area contributed by atoms with Crippen LogP contribution in [-0.4, -0.2) is 34.0 Å². The van der Waals surface area contributed by atoms with Crippen molar-refractivity contribution in [1.29, 1.82) is 0 Å². The van der Waals surface area contributed by atoms with Gasteiger partial charge >= 0.3 is 5.97 Å². The first-order chi connectivity index (χ1) is 10.8. The summed E-state index contributed by atoms with van der Waals surface area (Å²) in [5.41, 5.74) is 2.22. The Balaban J connectivity index is 1.86. The van der Waals surface area contributed by atoms with Crippen molar-refractivity contribution in [2.45, 2.75) is 18.9 Å². The molecule has 4 nitrogen and oxygen atoms in total. The van der Waals surface area contributed by atoms with Crippen LogP contribution in [0, 0.1) is 5.92 Å². The molecule has 1 saturated heterocycles. The summed E-state index contributed by atoms with van der Waals surface area (Å²) in [7, 11) is 0. The molecule has 1 aromatic heterocycles. The molecule has 2 heterocycles. The van der Waals surface area contributed by atoms with Gasteiger partial charge in [-0.25, -0.2) is 0 Å². The third-order valence-electron chi connectivity index (χ3n) is 4.33. The minimum Gasteiger partial charge on any atom is -0.481 e. The quantitative estimate of drug-likeness (QED) is 0.942. The fourth-order valence-corrected chi connectivity index (χ4v) is 3.15. The van der Waals surface area contributed by atoms with Crippen LogP contribution in [0.2, 0.25) is 0 Å². The first kappa shape index (κ1) is 14.7. The minimum atomic E-state index is -0.672. The Morgan fingerprint density at radius 1 is 1.09 bits per heavy atom. The number of hydrogen-bond acceptors (Lipinski definition) is 3. The van der Waals surface area contributed by atoms with Gasteiger partial charge in [-0.1, -0.05) is 36.4 Å². The Kier molecular flexibility index (Phi) is 4.49. The summed E-state index contributed by atoms with van der Waals surface area (Å²) >= 11 is 0. The fraction of sp³-hybridized carbons (Fsp3) is 0.333. The van der Waals surface area contributed by atoms with Gasteiger partial charge in [-0.2, -0.15) is 0 Å². The second-order valence-electron chi connectivity index (χ2n) is 5.72. The summed E-state index contributed by atoms with van der Waals surface area (Å²) in [4.78, 5) is 18.0. The summed E-state index contributed by atoms with van der Waals surface area (Å²) in [6.07, 6.45) is 3.21. The van der Waals surface area contributed by atoms with Crippen molar-refractivity contribution in [3.8, 4) is 0 Å². The second-order valence-corrected chi connectivity index (χ2v) is 5.72. The van der Waals surface area contributed by atoms with Crippen LogP contribution in [0.25, 0.3) is 0 Å². The highest BCUT2D eigenvalue weighted by atomic mass is 16.4. The monoisotopic (exact) mass is 296 g/mol. The van der Waals surface area contributed by atoms with Crippen molar-refractivity contribution < 1.29 is 9.90 Å². The highest BCUT2D eigenvalue weighted by Gasteiger charge is 2.30. The number of carboxylic acid groups (broad SMARTS) is 1. The first-order valence-corrected chi connectivity index (χ1v) is 7.68. The highest BCUT2D eigenvalue weighted by molar-refractivity contribution is 5.70. The maximum Gasteiger partial charge on any atom is 0.306 e. The lowest BCUT2D eigenvalue weighted by molar-refractivity contribution is -0.143. The smallest absolute Gasteiger partial charge is 0.306 e. The van der Waals surface area contributed by atoms with Gasteiger partial charge in [0.25, 0.3) is 0 Å². The molecule has 1 N–H and O–H groups in total. The number of aliphatic carboxylic acids is 1. The van der Waals surface area contributed by atoms with Gasteiger partial charge < -0.3 is 5.11 Å². The zero-order valence-corrected chi connectivity index (χ0v) is 12.4. The molecule has 1 aliphatic heterocycles. The van der Waals surface area contributed by atoms with Crippen LogP contribution < -0.4 is 0 Å². The van der Waals surface area contributed by atoms with E-state index in [2.05, 4.69) is 22.0 Å². The Labute approximate surface area is 130 Å². The van der Waals surface area contributed by atoms with Crippen molar-refractivity contribution in [3.63, 3.8) is 0 Å². The molecule has 1 fully saturated rings. The Morgan fingerprint density at radius 2 is 1.77 bits per heavy atom. The van der Waals surface area contributed by atoms with E-state index >= 15 is 0 Å². The van der Waals surface area contributed by atoms with Crippen molar-refractivity contribution in [1.82, 2.24) is 9.88 Å². The van der Waals surface area contributed by atoms with Crippen molar-refractivity contribution in [2.75, 3.05) is 13.1 Å². The number of carbonyl (C=O) groups is 1. The van der Waals surface area contributed by atoms with Gasteiger partial charge in [0.05, 0.1) is 17.7 Å². The summed E-state index contributed by atoms with van der Waals surface area (Å²) < 4.78 is 0. The number of carboxylic acids is 1. The van der Waals surface area contributed by atoms with Crippen molar-refractivity contribution in [2.24, 2.45) is 5.92 Å². The number of hydrogen-bond donors (Lipinski definition) is 1. The standard InChI is InChI=1S/C18H20N2O2/c21-18(22)15-9-12-20(13-10-15)17(14-6-2-1-3-7-14)16-8-4-5-11-19-16/h1-8,11,15,17H,9-10,12-13H2,(H,21,22). The van der Waals surface area contributed by atoms with Crippen LogP contribution >= 0.6 is 0 Å². The lowest BCUT2D eigenvalue weighted by Crippen LogP contribution is -2.39. The van der Waals surface area contributed by atoms with Gasteiger partial charge in [-0.15, -0.1) is 0 Å². The van der Waals surface area contributed by atoms with Gasteiger partial charge in [0.1, 0.15) is 0 Å². The van der Waals surface area contributed by atoms with E-state index in [1.54, 1.807) is 0 Å². The Bertz CT molecular complexity index is 568. The Morgan fingerprint density at radius 3 is 2.36 bits per heavy atom. The zero-order chi connectivity index (χ0) is 15.4. The number of likely N-dealkylation sites (tertiary alicyclic amines) is 1. The number of aromatic nitrogens is 1. The van der Waals surface area contributed by atoms with E-state index in [4.69, 9.17) is 5.11 Å². The lowest BCUT2D eigenvalue weighted by Gasteiger charge is -2.36. The maximum atomic E-state index is 11.1. The molecule has 1 atom stereocenters. The van der Waals surface area contributed by atoms with E-state index < -0.39 is 5.97 Å². The second kappa shape index (κ2) is 6.71. The topological polar surface area (TPSA) is 53.4 Å². The van der Waals surface area contributed by atoms with Gasteiger partial charge in [0.15, 0.2) is 0 Å². The molecular formula is C18H20N2O2. The molecule has 0 spiro atoms. The van der Waals surface area contributed by atoms with Gasteiger partial charge in [-0.05, 0) is 43.6 Å². The molecular weight excluding hydrogens is 276 g/mol. The van der Waals surface area contributed by atoms with E-state index in [0.717, 1.165) is 18.8 Å². The lowest BCUT2D eigenvalue weighted by atomic mass is 9.93. The SMILES string of the molecule is O=C(O)C1CCN(C(c2ccccc2)c2ccccn2)CC1. The van der Waals surface area contributed by atoms with E-state index in [-0.39, 0.29) is 12.0 Å². The molecule has 0 bridgehead atoms. The molecule has 114 valence electrons. The van der Waals surface area contributed by atoms with E-state index in [1.807, 2.05) is 42.6 Å². The summed E-state index contributed by atoms with van der Waals surface area (Å²) in [6, 6.07) is 16.4. The third kappa shape index (κ3) is 3.17. The summed E-state index contributed by atoms with van der Waals surface area (Å²) in [5, 5.41) is 9.17. The van der Waals surface area contributed by atoms with Crippen molar-refractivity contribution in [3.05, 3.63) is 66.0 Å². The van der Waals surface area contributed by atoms with Crippen LogP contribution in [-0.2, 0) is 4.79 Å². The Hall–Kier alpha value is -2.20. The summed E-state index contributed by atoms with van der Waals surface area (Å²) in [6.45, 7) is 1.57. The molecule has 2 aromatic rings. The number of pyridine rings is 1. The average Bonchev–Trinajstić information content (AvgIpc) is 2.57. The first-order valence-electron chi connectivity index (χ1n) is 7.68. The van der Waals surface area contributed by atoms with Gasteiger partial charge in [0, 0.05) is 6.20 Å².